The number of nitrogens with two attached hydrogens (primary N) is 1. The topological polar surface area (TPSA) is 52.7 Å². The zero-order chi connectivity index (χ0) is 15.6. The van der Waals surface area contributed by atoms with Gasteiger partial charge in [-0.1, -0.05) is 24.4 Å². The number of aryl methyl sites for hydroxylation is 1. The predicted octanol–water partition coefficient (Wildman–Crippen LogP) is 1.52. The average Bonchev–Trinajstić information content (AvgIpc) is 2.37. The minimum Gasteiger partial charge on any atom is -0.389 e. The van der Waals surface area contributed by atoms with Gasteiger partial charge in [0.2, 0.25) is 0 Å². The van der Waals surface area contributed by atoms with Crippen molar-refractivity contribution < 1.29 is 5.11 Å². The molecule has 5 heteroatoms. The first-order valence-corrected chi connectivity index (χ1v) is 7.78. The Morgan fingerprint density at radius 3 is 2.43 bits per heavy atom. The zero-order valence-corrected chi connectivity index (χ0v) is 13.9. The number of hydrogen-bond acceptors (Lipinski definition) is 4. The van der Waals surface area contributed by atoms with Gasteiger partial charge in [0.25, 0.3) is 0 Å². The molecule has 116 valence electrons. The third-order valence-electron chi connectivity index (χ3n) is 3.80. The molecule has 1 aliphatic heterocycles. The zero-order valence-electron chi connectivity index (χ0n) is 13.1. The van der Waals surface area contributed by atoms with Crippen LogP contribution in [0.25, 0.3) is 0 Å². The number of benzene rings is 1. The van der Waals surface area contributed by atoms with Crippen LogP contribution in [-0.4, -0.2) is 53.3 Å². The van der Waals surface area contributed by atoms with Gasteiger partial charge in [0.1, 0.15) is 4.99 Å². The van der Waals surface area contributed by atoms with Gasteiger partial charge in [0, 0.05) is 44.0 Å². The van der Waals surface area contributed by atoms with E-state index in [0.717, 1.165) is 37.4 Å². The highest BCUT2D eigenvalue weighted by molar-refractivity contribution is 7.80. The molecule has 0 atom stereocenters. The molecule has 4 nitrogen and oxygen atoms in total. The van der Waals surface area contributed by atoms with E-state index in [1.165, 1.54) is 5.56 Å². The molecule has 0 bridgehead atoms. The van der Waals surface area contributed by atoms with E-state index in [-0.39, 0.29) is 0 Å². The number of rotatable bonds is 4. The van der Waals surface area contributed by atoms with Crippen molar-refractivity contribution in [2.45, 2.75) is 26.4 Å². The second kappa shape index (κ2) is 6.30. The van der Waals surface area contributed by atoms with Gasteiger partial charge in [-0.3, -0.25) is 4.90 Å². The Bertz CT molecular complexity index is 517. The summed E-state index contributed by atoms with van der Waals surface area (Å²) in [5.41, 5.74) is 8.54. The van der Waals surface area contributed by atoms with E-state index in [9.17, 15) is 5.11 Å². The molecule has 3 N–H and O–H groups in total. The molecule has 1 heterocycles. The molecule has 2 rings (SSSR count). The molecule has 0 saturated carbocycles. The largest absolute Gasteiger partial charge is 0.389 e. The quantitative estimate of drug-likeness (QED) is 0.826. The van der Waals surface area contributed by atoms with Crippen LogP contribution in [0.5, 0.6) is 0 Å². The average molecular weight is 307 g/mol. The smallest absolute Gasteiger partial charge is 0.106 e. The maximum atomic E-state index is 9.92. The van der Waals surface area contributed by atoms with Crippen molar-refractivity contribution in [3.8, 4) is 0 Å². The van der Waals surface area contributed by atoms with E-state index in [4.69, 9.17) is 18.0 Å². The SMILES string of the molecule is Cc1cccc(C(N)=S)c1N1CCN(CC(C)(C)O)CC1. The van der Waals surface area contributed by atoms with Crippen molar-refractivity contribution in [1.29, 1.82) is 0 Å². The summed E-state index contributed by atoms with van der Waals surface area (Å²) >= 11 is 5.18. The Hall–Kier alpha value is -1.17. The number of β-amino-alcohol motifs (C(OH)–C–C–N with tert-alkyl or cyclic N) is 1. The Labute approximate surface area is 132 Å². The molecule has 1 aliphatic rings. The molecule has 0 aliphatic carbocycles. The van der Waals surface area contributed by atoms with Crippen LogP contribution in [0.15, 0.2) is 18.2 Å². The second-order valence-corrected chi connectivity index (χ2v) is 6.85. The molecule has 0 aromatic heterocycles. The molecule has 0 amide bonds. The molecule has 0 unspecified atom stereocenters. The lowest BCUT2D eigenvalue weighted by Crippen LogP contribution is -2.51. The van der Waals surface area contributed by atoms with Gasteiger partial charge < -0.3 is 15.7 Å². The summed E-state index contributed by atoms with van der Waals surface area (Å²) in [4.78, 5) is 5.10. The van der Waals surface area contributed by atoms with Gasteiger partial charge in [-0.2, -0.15) is 0 Å². The number of para-hydroxylation sites is 1. The molecule has 0 radical (unpaired) electrons. The maximum Gasteiger partial charge on any atom is 0.106 e. The van der Waals surface area contributed by atoms with Crippen molar-refractivity contribution >= 4 is 22.9 Å². The summed E-state index contributed by atoms with van der Waals surface area (Å²) in [5.74, 6) is 0. The molecular weight excluding hydrogens is 282 g/mol. The first-order chi connectivity index (χ1) is 9.78. The van der Waals surface area contributed by atoms with Crippen LogP contribution in [-0.2, 0) is 0 Å². The first kappa shape index (κ1) is 16.2. The number of anilines is 1. The summed E-state index contributed by atoms with van der Waals surface area (Å²) in [5, 5.41) is 9.92. The van der Waals surface area contributed by atoms with Crippen LogP contribution in [0.4, 0.5) is 5.69 Å². The Morgan fingerprint density at radius 1 is 1.29 bits per heavy atom. The van der Waals surface area contributed by atoms with E-state index in [1.807, 2.05) is 26.0 Å². The van der Waals surface area contributed by atoms with Crippen molar-refractivity contribution in [3.05, 3.63) is 29.3 Å². The molecule has 0 spiro atoms. The highest BCUT2D eigenvalue weighted by Gasteiger charge is 2.24. The van der Waals surface area contributed by atoms with Crippen molar-refractivity contribution in [2.24, 2.45) is 5.73 Å². The lowest BCUT2D eigenvalue weighted by Gasteiger charge is -2.39. The van der Waals surface area contributed by atoms with E-state index >= 15 is 0 Å². The molecular formula is C16H25N3OS. The normalized spacial score (nSPS) is 17.0. The summed E-state index contributed by atoms with van der Waals surface area (Å²) in [6.07, 6.45) is 0. The third-order valence-corrected chi connectivity index (χ3v) is 4.02. The fraction of sp³-hybridized carbons (Fsp3) is 0.562. The van der Waals surface area contributed by atoms with Crippen molar-refractivity contribution in [3.63, 3.8) is 0 Å². The van der Waals surface area contributed by atoms with Crippen LogP contribution in [0, 0.1) is 6.92 Å². The fourth-order valence-corrected chi connectivity index (χ4v) is 3.12. The van der Waals surface area contributed by atoms with Crippen LogP contribution in [0.3, 0.4) is 0 Å². The number of aliphatic hydroxyl groups is 1. The molecule has 1 fully saturated rings. The summed E-state index contributed by atoms with van der Waals surface area (Å²) in [6, 6.07) is 6.09. The highest BCUT2D eigenvalue weighted by Crippen LogP contribution is 2.26. The number of hydrogen-bond donors (Lipinski definition) is 2. The Morgan fingerprint density at radius 2 is 1.90 bits per heavy atom. The van der Waals surface area contributed by atoms with Crippen LogP contribution in [0.2, 0.25) is 0 Å². The van der Waals surface area contributed by atoms with E-state index in [2.05, 4.69) is 22.8 Å². The van der Waals surface area contributed by atoms with Gasteiger partial charge >= 0.3 is 0 Å². The Kier molecular flexibility index (Phi) is 4.86. The highest BCUT2D eigenvalue weighted by atomic mass is 32.1. The molecule has 21 heavy (non-hydrogen) atoms. The number of nitrogens with zero attached hydrogens (tertiary/aromatic N) is 2. The Balaban J connectivity index is 2.11. The fourth-order valence-electron chi connectivity index (χ4n) is 2.95. The third kappa shape index (κ3) is 4.15. The van der Waals surface area contributed by atoms with Gasteiger partial charge in [-0.25, -0.2) is 0 Å². The predicted molar refractivity (Wildman–Crippen MR) is 92.0 cm³/mol. The van der Waals surface area contributed by atoms with Gasteiger partial charge in [-0.05, 0) is 32.4 Å². The van der Waals surface area contributed by atoms with E-state index in [0.29, 0.717) is 11.5 Å². The van der Waals surface area contributed by atoms with Gasteiger partial charge in [0.15, 0.2) is 0 Å². The van der Waals surface area contributed by atoms with E-state index < -0.39 is 5.60 Å². The van der Waals surface area contributed by atoms with Crippen LogP contribution in [0.1, 0.15) is 25.0 Å². The molecule has 1 aromatic rings. The molecule has 1 saturated heterocycles. The summed E-state index contributed by atoms with van der Waals surface area (Å²) < 4.78 is 0. The monoisotopic (exact) mass is 307 g/mol. The van der Waals surface area contributed by atoms with Crippen molar-refractivity contribution in [1.82, 2.24) is 4.90 Å². The summed E-state index contributed by atoms with van der Waals surface area (Å²) in [7, 11) is 0. The maximum absolute atomic E-state index is 9.92. The van der Waals surface area contributed by atoms with Crippen LogP contribution >= 0.6 is 12.2 Å². The van der Waals surface area contributed by atoms with Gasteiger partial charge in [0.05, 0.1) is 5.60 Å². The van der Waals surface area contributed by atoms with E-state index in [1.54, 1.807) is 0 Å². The standard InChI is InChI=1S/C16H25N3OS/c1-12-5-4-6-13(15(17)21)14(12)19-9-7-18(8-10-19)11-16(2,3)20/h4-6,20H,7-11H2,1-3H3,(H2,17,21). The summed E-state index contributed by atoms with van der Waals surface area (Å²) in [6.45, 7) is 10.2. The second-order valence-electron chi connectivity index (χ2n) is 6.41. The minimum atomic E-state index is -0.644. The van der Waals surface area contributed by atoms with Crippen molar-refractivity contribution in [2.75, 3.05) is 37.6 Å². The number of thiocarbonyl (C=S) groups is 1. The molecule has 1 aromatic carbocycles. The minimum absolute atomic E-state index is 0.452. The van der Waals surface area contributed by atoms with Gasteiger partial charge in [-0.15, -0.1) is 0 Å². The lowest BCUT2D eigenvalue weighted by atomic mass is 10.0. The lowest BCUT2D eigenvalue weighted by molar-refractivity contribution is 0.0345. The number of piperazine rings is 1. The first-order valence-electron chi connectivity index (χ1n) is 7.37. The van der Waals surface area contributed by atoms with Crippen LogP contribution < -0.4 is 10.6 Å².